The van der Waals surface area contributed by atoms with Crippen LogP contribution in [0.5, 0.6) is 0 Å². The number of aliphatic hydroxyl groups is 1. The lowest BCUT2D eigenvalue weighted by atomic mass is 10.0. The summed E-state index contributed by atoms with van der Waals surface area (Å²) in [6, 6.07) is 8.19. The Labute approximate surface area is 103 Å². The van der Waals surface area contributed by atoms with Crippen LogP contribution in [0.4, 0.5) is 0 Å². The fourth-order valence-corrected chi connectivity index (χ4v) is 1.81. The zero-order valence-corrected chi connectivity index (χ0v) is 10.7. The van der Waals surface area contributed by atoms with Gasteiger partial charge in [-0.05, 0) is 31.0 Å². The lowest BCUT2D eigenvalue weighted by Gasteiger charge is -2.19. The van der Waals surface area contributed by atoms with Gasteiger partial charge in [0, 0.05) is 17.6 Å². The first-order chi connectivity index (χ1) is 7.63. The van der Waals surface area contributed by atoms with Gasteiger partial charge in [-0.15, -0.1) is 0 Å². The molecule has 0 bridgehead atoms. The van der Waals surface area contributed by atoms with Crippen LogP contribution in [-0.2, 0) is 0 Å². The normalized spacial score (nSPS) is 14.8. The van der Waals surface area contributed by atoms with E-state index in [1.54, 1.807) is 6.92 Å². The highest BCUT2D eigenvalue weighted by atomic mass is 35.5. The Morgan fingerprint density at radius 1 is 1.31 bits per heavy atom. The minimum absolute atomic E-state index is 0.303. The van der Waals surface area contributed by atoms with Crippen LogP contribution in [0.15, 0.2) is 24.3 Å². The van der Waals surface area contributed by atoms with Crippen LogP contribution < -0.4 is 5.32 Å². The molecule has 0 amide bonds. The summed E-state index contributed by atoms with van der Waals surface area (Å²) in [4.78, 5) is 0. The number of nitrogens with one attached hydrogen (secondary N) is 1. The van der Waals surface area contributed by atoms with E-state index in [1.807, 2.05) is 24.3 Å². The van der Waals surface area contributed by atoms with E-state index in [9.17, 15) is 5.11 Å². The molecule has 3 heteroatoms. The highest BCUT2D eigenvalue weighted by Gasteiger charge is 2.10. The molecular weight excluding hydrogens is 222 g/mol. The highest BCUT2D eigenvalue weighted by molar-refractivity contribution is 6.30. The molecule has 0 aliphatic rings. The average molecular weight is 242 g/mol. The van der Waals surface area contributed by atoms with Gasteiger partial charge < -0.3 is 10.4 Å². The molecule has 0 saturated heterocycles. The maximum atomic E-state index is 9.28. The van der Waals surface area contributed by atoms with Gasteiger partial charge in [-0.1, -0.05) is 37.1 Å². The van der Waals surface area contributed by atoms with E-state index in [-0.39, 0.29) is 6.10 Å². The molecular formula is C13H20ClNO. The van der Waals surface area contributed by atoms with Crippen LogP contribution in [0.25, 0.3) is 0 Å². The second kappa shape index (κ2) is 6.89. The van der Waals surface area contributed by atoms with Crippen molar-refractivity contribution in [1.29, 1.82) is 0 Å². The zero-order chi connectivity index (χ0) is 12.0. The molecule has 0 fully saturated rings. The molecule has 0 spiro atoms. The lowest BCUT2D eigenvalue weighted by molar-refractivity contribution is 0.185. The second-order valence-corrected chi connectivity index (χ2v) is 4.59. The van der Waals surface area contributed by atoms with Crippen molar-refractivity contribution in [3.63, 3.8) is 0 Å². The standard InChI is InChI=1S/C13H20ClNO/c1-3-4-13(15-9-10(2)16)11-5-7-12(14)8-6-11/h5-8,10,13,15-16H,3-4,9H2,1-2H3/t10-,13?/m0/s1. The monoisotopic (exact) mass is 241 g/mol. The predicted octanol–water partition coefficient (Wildman–Crippen LogP) is 3.15. The smallest absolute Gasteiger partial charge is 0.0636 e. The van der Waals surface area contributed by atoms with Gasteiger partial charge in [-0.3, -0.25) is 0 Å². The summed E-state index contributed by atoms with van der Waals surface area (Å²) in [5, 5.41) is 13.4. The van der Waals surface area contributed by atoms with Crippen LogP contribution in [0.3, 0.4) is 0 Å². The van der Waals surface area contributed by atoms with Gasteiger partial charge in [0.05, 0.1) is 6.10 Å². The Morgan fingerprint density at radius 3 is 2.44 bits per heavy atom. The Balaban J connectivity index is 2.64. The molecule has 0 aliphatic carbocycles. The van der Waals surface area contributed by atoms with E-state index in [4.69, 9.17) is 11.6 Å². The third-order valence-electron chi connectivity index (χ3n) is 2.51. The number of rotatable bonds is 6. The molecule has 0 radical (unpaired) electrons. The van der Waals surface area contributed by atoms with Gasteiger partial charge in [0.15, 0.2) is 0 Å². The molecule has 1 aromatic rings. The molecule has 90 valence electrons. The average Bonchev–Trinajstić information content (AvgIpc) is 2.25. The number of hydrogen-bond donors (Lipinski definition) is 2. The van der Waals surface area contributed by atoms with Gasteiger partial charge in [-0.2, -0.15) is 0 Å². The zero-order valence-electron chi connectivity index (χ0n) is 9.91. The van der Waals surface area contributed by atoms with Crippen molar-refractivity contribution in [3.05, 3.63) is 34.9 Å². The Bertz CT molecular complexity index is 297. The van der Waals surface area contributed by atoms with Gasteiger partial charge in [0.2, 0.25) is 0 Å². The molecule has 0 saturated carbocycles. The Morgan fingerprint density at radius 2 is 1.94 bits per heavy atom. The van der Waals surface area contributed by atoms with E-state index < -0.39 is 0 Å². The lowest BCUT2D eigenvalue weighted by Crippen LogP contribution is -2.28. The summed E-state index contributed by atoms with van der Waals surface area (Å²) in [6.45, 7) is 4.57. The topological polar surface area (TPSA) is 32.3 Å². The summed E-state index contributed by atoms with van der Waals surface area (Å²) in [5.74, 6) is 0. The molecule has 1 aromatic carbocycles. The van der Waals surface area contributed by atoms with E-state index in [0.717, 1.165) is 17.9 Å². The van der Waals surface area contributed by atoms with Crippen LogP contribution in [-0.4, -0.2) is 17.8 Å². The first-order valence-electron chi connectivity index (χ1n) is 5.80. The predicted molar refractivity (Wildman–Crippen MR) is 68.8 cm³/mol. The molecule has 0 aromatic heterocycles. The van der Waals surface area contributed by atoms with Crippen molar-refractivity contribution >= 4 is 11.6 Å². The van der Waals surface area contributed by atoms with E-state index in [1.165, 1.54) is 5.56 Å². The molecule has 0 aliphatic heterocycles. The summed E-state index contributed by atoms with van der Waals surface area (Å²) in [6.07, 6.45) is 1.86. The van der Waals surface area contributed by atoms with Crippen molar-refractivity contribution < 1.29 is 5.11 Å². The number of halogens is 1. The Kier molecular flexibility index (Phi) is 5.81. The maximum Gasteiger partial charge on any atom is 0.0636 e. The van der Waals surface area contributed by atoms with Crippen LogP contribution in [0.2, 0.25) is 5.02 Å². The van der Waals surface area contributed by atoms with Gasteiger partial charge in [0.1, 0.15) is 0 Å². The van der Waals surface area contributed by atoms with Crippen molar-refractivity contribution in [3.8, 4) is 0 Å². The fraction of sp³-hybridized carbons (Fsp3) is 0.538. The summed E-state index contributed by atoms with van der Waals surface area (Å²) < 4.78 is 0. The SMILES string of the molecule is CCCC(NC[C@H](C)O)c1ccc(Cl)cc1. The Hall–Kier alpha value is -0.570. The minimum Gasteiger partial charge on any atom is -0.392 e. The van der Waals surface area contributed by atoms with E-state index in [2.05, 4.69) is 12.2 Å². The van der Waals surface area contributed by atoms with E-state index >= 15 is 0 Å². The fourth-order valence-electron chi connectivity index (χ4n) is 1.68. The number of benzene rings is 1. The molecule has 16 heavy (non-hydrogen) atoms. The maximum absolute atomic E-state index is 9.28. The third-order valence-corrected chi connectivity index (χ3v) is 2.76. The number of aliphatic hydroxyl groups excluding tert-OH is 1. The quantitative estimate of drug-likeness (QED) is 0.802. The summed E-state index contributed by atoms with van der Waals surface area (Å²) in [5.41, 5.74) is 1.23. The first-order valence-corrected chi connectivity index (χ1v) is 6.18. The number of hydrogen-bond acceptors (Lipinski definition) is 2. The van der Waals surface area contributed by atoms with Crippen molar-refractivity contribution in [2.75, 3.05) is 6.54 Å². The van der Waals surface area contributed by atoms with Gasteiger partial charge in [-0.25, -0.2) is 0 Å². The van der Waals surface area contributed by atoms with Crippen molar-refractivity contribution in [2.24, 2.45) is 0 Å². The third kappa shape index (κ3) is 4.52. The van der Waals surface area contributed by atoms with Crippen LogP contribution in [0.1, 0.15) is 38.3 Å². The molecule has 0 heterocycles. The molecule has 2 atom stereocenters. The molecule has 1 unspecified atom stereocenters. The molecule has 2 nitrogen and oxygen atoms in total. The van der Waals surface area contributed by atoms with Crippen LogP contribution in [0, 0.1) is 0 Å². The van der Waals surface area contributed by atoms with Crippen molar-refractivity contribution in [2.45, 2.75) is 38.8 Å². The first kappa shape index (κ1) is 13.5. The summed E-state index contributed by atoms with van der Waals surface area (Å²) in [7, 11) is 0. The van der Waals surface area contributed by atoms with Crippen LogP contribution >= 0.6 is 11.6 Å². The van der Waals surface area contributed by atoms with Crippen molar-refractivity contribution in [1.82, 2.24) is 5.32 Å². The van der Waals surface area contributed by atoms with E-state index in [0.29, 0.717) is 12.6 Å². The second-order valence-electron chi connectivity index (χ2n) is 4.15. The highest BCUT2D eigenvalue weighted by Crippen LogP contribution is 2.20. The summed E-state index contributed by atoms with van der Waals surface area (Å²) >= 11 is 5.86. The molecule has 2 N–H and O–H groups in total. The van der Waals surface area contributed by atoms with Gasteiger partial charge in [0.25, 0.3) is 0 Å². The largest absolute Gasteiger partial charge is 0.392 e. The molecule has 1 rings (SSSR count). The minimum atomic E-state index is -0.313. The van der Waals surface area contributed by atoms with Gasteiger partial charge >= 0.3 is 0 Å².